The number of hydrogen-bond acceptors (Lipinski definition) is 3. The molecule has 0 saturated carbocycles. The molecule has 2 N–H and O–H groups in total. The Morgan fingerprint density at radius 3 is 2.21 bits per heavy atom. The Balaban J connectivity index is 2.13. The zero-order chi connectivity index (χ0) is 13.9. The first-order chi connectivity index (χ1) is 9.20. The molecule has 0 aromatic carbocycles. The Bertz CT molecular complexity index is 269. The largest absolute Gasteiger partial charge is 0.329 e. The molecule has 0 aliphatic carbocycles. The summed E-state index contributed by atoms with van der Waals surface area (Å²) in [4.78, 5) is 5.38. The maximum Gasteiger partial charge on any atom is 0.0487 e. The van der Waals surface area contributed by atoms with Gasteiger partial charge in [-0.05, 0) is 44.3 Å². The smallest absolute Gasteiger partial charge is 0.0487 e. The van der Waals surface area contributed by atoms with Gasteiger partial charge < -0.3 is 10.6 Å². The molecule has 1 atom stereocenters. The monoisotopic (exact) mass is 267 g/mol. The first-order valence-corrected chi connectivity index (χ1v) is 8.37. The van der Waals surface area contributed by atoms with Crippen LogP contribution in [0.4, 0.5) is 0 Å². The molecule has 3 aliphatic rings. The van der Waals surface area contributed by atoms with Crippen LogP contribution in [0.3, 0.4) is 0 Å². The van der Waals surface area contributed by atoms with E-state index in [1.54, 1.807) is 0 Å². The van der Waals surface area contributed by atoms with Crippen LogP contribution in [-0.4, -0.2) is 54.6 Å². The predicted octanol–water partition coefficient (Wildman–Crippen LogP) is 2.17. The molecule has 3 heteroatoms. The Hall–Kier alpha value is -0.120. The van der Waals surface area contributed by atoms with Gasteiger partial charge in [0.2, 0.25) is 0 Å². The summed E-state index contributed by atoms with van der Waals surface area (Å²) in [6, 6.07) is 0. The summed E-state index contributed by atoms with van der Waals surface area (Å²) >= 11 is 0. The minimum absolute atomic E-state index is 0.272. The van der Waals surface area contributed by atoms with Gasteiger partial charge in [0.25, 0.3) is 0 Å². The van der Waals surface area contributed by atoms with Gasteiger partial charge in [0.1, 0.15) is 0 Å². The van der Waals surface area contributed by atoms with Crippen molar-refractivity contribution in [3.8, 4) is 0 Å². The van der Waals surface area contributed by atoms with Gasteiger partial charge in [-0.2, -0.15) is 0 Å². The van der Waals surface area contributed by atoms with E-state index < -0.39 is 0 Å². The van der Waals surface area contributed by atoms with Crippen LogP contribution in [-0.2, 0) is 0 Å². The Kier molecular flexibility index (Phi) is 5.27. The molecule has 19 heavy (non-hydrogen) atoms. The van der Waals surface area contributed by atoms with Gasteiger partial charge in [-0.1, -0.05) is 33.6 Å². The third-order valence-electron chi connectivity index (χ3n) is 5.84. The maximum atomic E-state index is 6.29. The minimum Gasteiger partial charge on any atom is -0.329 e. The lowest BCUT2D eigenvalue weighted by Gasteiger charge is -2.58. The molecule has 3 nitrogen and oxygen atoms in total. The SMILES string of the molecule is CCC(CC)CN(CC)C1(CN)CN2CCC1CC2. The number of piperidine rings is 3. The number of likely N-dealkylation sites (N-methyl/N-ethyl adjacent to an activating group) is 1. The molecular weight excluding hydrogens is 234 g/mol. The predicted molar refractivity (Wildman–Crippen MR) is 82.3 cm³/mol. The number of fused-ring (bicyclic) bond motifs is 3. The second-order valence-electron chi connectivity index (χ2n) is 6.58. The summed E-state index contributed by atoms with van der Waals surface area (Å²) in [5.74, 6) is 1.66. The second-order valence-corrected chi connectivity index (χ2v) is 6.58. The first-order valence-electron chi connectivity index (χ1n) is 8.37. The zero-order valence-electron chi connectivity index (χ0n) is 13.2. The molecule has 3 aliphatic heterocycles. The number of rotatable bonds is 7. The van der Waals surface area contributed by atoms with Crippen molar-refractivity contribution in [2.45, 2.75) is 52.0 Å². The summed E-state index contributed by atoms with van der Waals surface area (Å²) in [7, 11) is 0. The van der Waals surface area contributed by atoms with Gasteiger partial charge in [-0.15, -0.1) is 0 Å². The van der Waals surface area contributed by atoms with Crippen molar-refractivity contribution >= 4 is 0 Å². The van der Waals surface area contributed by atoms with Gasteiger partial charge in [0.05, 0.1) is 0 Å². The van der Waals surface area contributed by atoms with E-state index in [-0.39, 0.29) is 5.54 Å². The van der Waals surface area contributed by atoms with Crippen LogP contribution in [0.2, 0.25) is 0 Å². The standard InChI is InChI=1S/C16H33N3/c1-4-14(5-2)11-19(6-3)16(12-17)13-18-9-7-15(16)8-10-18/h14-15H,4-13,17H2,1-3H3. The summed E-state index contributed by atoms with van der Waals surface area (Å²) in [5, 5.41) is 0. The van der Waals surface area contributed by atoms with E-state index in [2.05, 4.69) is 30.6 Å². The van der Waals surface area contributed by atoms with Crippen LogP contribution in [0, 0.1) is 11.8 Å². The van der Waals surface area contributed by atoms with Gasteiger partial charge >= 0.3 is 0 Å². The van der Waals surface area contributed by atoms with E-state index in [1.807, 2.05) is 0 Å². The second kappa shape index (κ2) is 6.55. The van der Waals surface area contributed by atoms with E-state index in [1.165, 1.54) is 51.9 Å². The van der Waals surface area contributed by atoms with Crippen LogP contribution in [0.5, 0.6) is 0 Å². The highest BCUT2D eigenvalue weighted by Crippen LogP contribution is 2.39. The van der Waals surface area contributed by atoms with Crippen LogP contribution < -0.4 is 5.73 Å². The topological polar surface area (TPSA) is 32.5 Å². The summed E-state index contributed by atoms with van der Waals surface area (Å²) < 4.78 is 0. The highest BCUT2D eigenvalue weighted by atomic mass is 15.3. The lowest BCUT2D eigenvalue weighted by atomic mass is 9.71. The molecule has 1 unspecified atom stereocenters. The van der Waals surface area contributed by atoms with Crippen molar-refractivity contribution in [1.29, 1.82) is 0 Å². The van der Waals surface area contributed by atoms with Crippen LogP contribution in [0.15, 0.2) is 0 Å². The summed E-state index contributed by atoms with van der Waals surface area (Å²) in [6.07, 6.45) is 5.30. The van der Waals surface area contributed by atoms with E-state index in [0.29, 0.717) is 0 Å². The van der Waals surface area contributed by atoms with Gasteiger partial charge in [-0.25, -0.2) is 0 Å². The molecular formula is C16H33N3. The van der Waals surface area contributed by atoms with Crippen molar-refractivity contribution in [2.24, 2.45) is 17.6 Å². The maximum absolute atomic E-state index is 6.29. The zero-order valence-corrected chi connectivity index (χ0v) is 13.2. The molecule has 2 bridgehead atoms. The van der Waals surface area contributed by atoms with Crippen LogP contribution in [0.1, 0.15) is 46.5 Å². The van der Waals surface area contributed by atoms with Gasteiger partial charge in [-0.3, -0.25) is 4.90 Å². The average Bonchev–Trinajstić information content (AvgIpc) is 2.49. The highest BCUT2D eigenvalue weighted by Gasteiger charge is 2.49. The highest BCUT2D eigenvalue weighted by molar-refractivity contribution is 5.06. The van der Waals surface area contributed by atoms with E-state index in [0.717, 1.165) is 24.9 Å². The van der Waals surface area contributed by atoms with E-state index in [4.69, 9.17) is 5.73 Å². The third-order valence-corrected chi connectivity index (χ3v) is 5.84. The molecule has 0 aromatic heterocycles. The summed E-state index contributed by atoms with van der Waals surface area (Å²) in [5.41, 5.74) is 6.56. The molecule has 3 fully saturated rings. The molecule has 0 aromatic rings. The van der Waals surface area contributed by atoms with Crippen LogP contribution in [0.25, 0.3) is 0 Å². The quantitative estimate of drug-likeness (QED) is 0.767. The van der Waals surface area contributed by atoms with Crippen molar-refractivity contribution in [2.75, 3.05) is 39.3 Å². The van der Waals surface area contributed by atoms with Crippen molar-refractivity contribution in [3.05, 3.63) is 0 Å². The lowest BCUT2D eigenvalue weighted by Crippen LogP contribution is -2.70. The molecule has 3 rings (SSSR count). The van der Waals surface area contributed by atoms with Crippen molar-refractivity contribution in [3.63, 3.8) is 0 Å². The van der Waals surface area contributed by atoms with E-state index >= 15 is 0 Å². The first kappa shape index (κ1) is 15.3. The molecule has 0 radical (unpaired) electrons. The van der Waals surface area contributed by atoms with Crippen molar-refractivity contribution < 1.29 is 0 Å². The molecule has 3 saturated heterocycles. The Morgan fingerprint density at radius 2 is 1.84 bits per heavy atom. The van der Waals surface area contributed by atoms with Gasteiger partial charge in [0.15, 0.2) is 0 Å². The number of nitrogens with zero attached hydrogens (tertiary/aromatic N) is 2. The average molecular weight is 267 g/mol. The third kappa shape index (κ3) is 2.84. The Morgan fingerprint density at radius 1 is 1.21 bits per heavy atom. The molecule has 112 valence electrons. The number of hydrogen-bond donors (Lipinski definition) is 1. The lowest BCUT2D eigenvalue weighted by molar-refractivity contribution is -0.0709. The minimum atomic E-state index is 0.272. The fourth-order valence-corrected chi connectivity index (χ4v) is 4.35. The fraction of sp³-hybridized carbons (Fsp3) is 1.00. The van der Waals surface area contributed by atoms with E-state index in [9.17, 15) is 0 Å². The van der Waals surface area contributed by atoms with Crippen molar-refractivity contribution in [1.82, 2.24) is 9.80 Å². The van der Waals surface area contributed by atoms with Gasteiger partial charge in [0, 0.05) is 25.2 Å². The Labute approximate surface area is 119 Å². The summed E-state index contributed by atoms with van der Waals surface area (Å²) in [6.45, 7) is 14.0. The molecule has 3 heterocycles. The fourth-order valence-electron chi connectivity index (χ4n) is 4.35. The normalized spacial score (nSPS) is 34.4. The molecule has 0 spiro atoms. The van der Waals surface area contributed by atoms with Crippen LogP contribution >= 0.6 is 0 Å². The molecule has 0 amide bonds. The number of nitrogens with two attached hydrogens (primary N) is 1.